The molecule has 1 aliphatic rings. The van der Waals surface area contributed by atoms with Gasteiger partial charge in [0.15, 0.2) is 0 Å². The van der Waals surface area contributed by atoms with Gasteiger partial charge in [0.2, 0.25) is 6.71 Å². The van der Waals surface area contributed by atoms with Crippen LogP contribution in [0.1, 0.15) is 98.2 Å². The first-order chi connectivity index (χ1) is 31.4. The molecule has 9 rings (SSSR count). The number of anilines is 9. The Morgan fingerprint density at radius 3 is 1.03 bits per heavy atom. The number of hydrogen-bond acceptors (Lipinski definition) is 3. The monoisotopic (exact) mass is 848 g/mol. The van der Waals surface area contributed by atoms with Gasteiger partial charge in [0.05, 0.1) is 0 Å². The first-order valence-corrected chi connectivity index (χ1v) is 23.5. The summed E-state index contributed by atoms with van der Waals surface area (Å²) in [4.78, 5) is 7.37. The van der Waals surface area contributed by atoms with E-state index in [4.69, 9.17) is 0 Å². The molecule has 8 aromatic carbocycles. The van der Waals surface area contributed by atoms with Crippen LogP contribution in [0.2, 0.25) is 0 Å². The van der Waals surface area contributed by atoms with Gasteiger partial charge >= 0.3 is 0 Å². The Morgan fingerprint density at radius 1 is 0.369 bits per heavy atom. The van der Waals surface area contributed by atoms with E-state index in [0.717, 1.165) is 39.8 Å². The van der Waals surface area contributed by atoms with E-state index in [-0.39, 0.29) is 6.71 Å². The van der Waals surface area contributed by atoms with Crippen LogP contribution in [-0.2, 0) is 0 Å². The summed E-state index contributed by atoms with van der Waals surface area (Å²) in [7, 11) is 0. The highest BCUT2D eigenvalue weighted by Crippen LogP contribution is 2.43. The van der Waals surface area contributed by atoms with Crippen LogP contribution < -0.4 is 31.1 Å². The number of hydrogen-bond donors (Lipinski definition) is 0. The van der Waals surface area contributed by atoms with Crippen molar-refractivity contribution in [2.75, 3.05) is 14.7 Å². The summed E-state index contributed by atoms with van der Waals surface area (Å²) in [6.07, 6.45) is 0. The molecule has 0 unspecified atom stereocenters. The van der Waals surface area contributed by atoms with Gasteiger partial charge in [0, 0.05) is 51.2 Å². The van der Waals surface area contributed by atoms with Crippen LogP contribution in [0.5, 0.6) is 0 Å². The average molecular weight is 848 g/mol. The first kappa shape index (κ1) is 43.5. The van der Waals surface area contributed by atoms with Crippen LogP contribution >= 0.6 is 0 Å². The van der Waals surface area contributed by atoms with E-state index >= 15 is 0 Å². The third-order valence-electron chi connectivity index (χ3n) is 13.3. The second-order valence-corrected chi connectivity index (χ2v) is 19.2. The lowest BCUT2D eigenvalue weighted by Gasteiger charge is -2.40. The Labute approximate surface area is 389 Å². The van der Waals surface area contributed by atoms with Crippen molar-refractivity contribution >= 4 is 74.3 Å². The van der Waals surface area contributed by atoms with E-state index in [1.165, 1.54) is 66.7 Å². The van der Waals surface area contributed by atoms with Crippen molar-refractivity contribution in [3.63, 3.8) is 0 Å². The zero-order valence-electron chi connectivity index (χ0n) is 39.9. The average Bonchev–Trinajstić information content (AvgIpc) is 3.30. The maximum absolute atomic E-state index is 2.53. The molecule has 0 aromatic heterocycles. The summed E-state index contributed by atoms with van der Waals surface area (Å²) in [5.74, 6) is 1.02. The Morgan fingerprint density at radius 2 is 0.708 bits per heavy atom. The molecule has 0 spiro atoms. The van der Waals surface area contributed by atoms with E-state index in [9.17, 15) is 0 Å². The maximum atomic E-state index is 2.53. The van der Waals surface area contributed by atoms with Crippen LogP contribution in [0.15, 0.2) is 176 Å². The zero-order chi connectivity index (χ0) is 45.5. The minimum Gasteiger partial charge on any atom is -0.312 e. The van der Waals surface area contributed by atoms with E-state index in [0.29, 0.717) is 17.8 Å². The molecule has 0 radical (unpaired) electrons. The molecule has 0 fully saturated rings. The Kier molecular flexibility index (Phi) is 12.0. The minimum atomic E-state index is -0.0772. The Bertz CT molecular complexity index is 2670. The van der Waals surface area contributed by atoms with Gasteiger partial charge in [-0.15, -0.1) is 0 Å². The highest BCUT2D eigenvalue weighted by atomic mass is 15.2. The lowest BCUT2D eigenvalue weighted by Crippen LogP contribution is -2.59. The Balaban J connectivity index is 1.39. The summed E-state index contributed by atoms with van der Waals surface area (Å²) in [5.41, 5.74) is 23.6. The molecule has 0 saturated heterocycles. The van der Waals surface area contributed by atoms with Crippen molar-refractivity contribution in [1.29, 1.82) is 0 Å². The van der Waals surface area contributed by atoms with Crippen LogP contribution in [0.25, 0.3) is 0 Å². The summed E-state index contributed by atoms with van der Waals surface area (Å²) in [6, 6.07) is 66.3. The fourth-order valence-corrected chi connectivity index (χ4v) is 9.71. The van der Waals surface area contributed by atoms with Crippen molar-refractivity contribution in [2.45, 2.75) is 87.0 Å². The topological polar surface area (TPSA) is 9.72 Å². The zero-order valence-corrected chi connectivity index (χ0v) is 39.9. The van der Waals surface area contributed by atoms with Crippen molar-refractivity contribution in [3.05, 3.63) is 215 Å². The number of fused-ring (bicyclic) bond motifs is 2. The van der Waals surface area contributed by atoms with Gasteiger partial charge in [-0.2, -0.15) is 0 Å². The van der Waals surface area contributed by atoms with Gasteiger partial charge in [-0.1, -0.05) is 148 Å². The molecule has 1 aliphatic heterocycles. The predicted octanol–water partition coefficient (Wildman–Crippen LogP) is 15.5. The van der Waals surface area contributed by atoms with Crippen molar-refractivity contribution in [2.24, 2.45) is 0 Å². The smallest absolute Gasteiger partial charge is 0.247 e. The molecule has 0 saturated carbocycles. The normalized spacial score (nSPS) is 12.2. The van der Waals surface area contributed by atoms with Gasteiger partial charge in [-0.3, -0.25) is 0 Å². The molecule has 1 heterocycles. The number of benzene rings is 8. The number of rotatable bonds is 11. The lowest BCUT2D eigenvalue weighted by molar-refractivity contribution is 0.812. The molecule has 0 N–H and O–H groups in total. The van der Waals surface area contributed by atoms with Crippen LogP contribution in [0.3, 0.4) is 0 Å². The molecule has 4 heteroatoms. The summed E-state index contributed by atoms with van der Waals surface area (Å²) >= 11 is 0. The van der Waals surface area contributed by atoms with Crippen molar-refractivity contribution < 1.29 is 0 Å². The second-order valence-electron chi connectivity index (χ2n) is 19.2. The van der Waals surface area contributed by atoms with Gasteiger partial charge in [-0.05, 0) is 170 Å². The fourth-order valence-electron chi connectivity index (χ4n) is 9.71. The summed E-state index contributed by atoms with van der Waals surface area (Å²) in [6.45, 7) is 22.8. The van der Waals surface area contributed by atoms with Crippen molar-refractivity contribution in [3.8, 4) is 0 Å². The van der Waals surface area contributed by atoms with E-state index in [1.807, 2.05) is 0 Å². The quantitative estimate of drug-likeness (QED) is 0.120. The van der Waals surface area contributed by atoms with Crippen LogP contribution in [0, 0.1) is 27.7 Å². The van der Waals surface area contributed by atoms with E-state index in [2.05, 4.69) is 260 Å². The minimum absolute atomic E-state index is 0.0772. The SMILES string of the molecule is Cc1ccc(N(c2ccc(C)cc2)c2ccc3c(c2)B(c2c(C(C)C)cc(C(C)C)cc2C(C)C)c2cc(N(c4ccc(C)cc4)c4ccc(C)cc4)ccc2N3c2ccccc2)cc1. The number of aryl methyl sites for hydroxylation is 4. The highest BCUT2D eigenvalue weighted by Gasteiger charge is 2.40. The third kappa shape index (κ3) is 8.51. The maximum Gasteiger partial charge on any atom is 0.247 e. The number of nitrogens with zero attached hydrogens (tertiary/aromatic N) is 3. The fraction of sp³-hybridized carbons (Fsp3) is 0.213. The van der Waals surface area contributed by atoms with Crippen molar-refractivity contribution in [1.82, 2.24) is 0 Å². The molecule has 0 amide bonds. The Hall–Kier alpha value is -6.78. The lowest BCUT2D eigenvalue weighted by atomic mass is 9.33. The molecule has 0 atom stereocenters. The van der Waals surface area contributed by atoms with Gasteiger partial charge in [-0.25, -0.2) is 0 Å². The van der Waals surface area contributed by atoms with E-state index < -0.39 is 0 Å². The molecule has 3 nitrogen and oxygen atoms in total. The summed E-state index contributed by atoms with van der Waals surface area (Å²) < 4.78 is 0. The molecule has 0 bridgehead atoms. The molecule has 324 valence electrons. The molecular weight excluding hydrogens is 786 g/mol. The van der Waals surface area contributed by atoms with Crippen LogP contribution in [-0.4, -0.2) is 6.71 Å². The first-order valence-electron chi connectivity index (χ1n) is 23.5. The van der Waals surface area contributed by atoms with E-state index in [1.54, 1.807) is 0 Å². The van der Waals surface area contributed by atoms with Crippen LogP contribution in [0.4, 0.5) is 51.2 Å². The molecular formula is C61H62BN3. The largest absolute Gasteiger partial charge is 0.312 e. The van der Waals surface area contributed by atoms with Gasteiger partial charge < -0.3 is 14.7 Å². The van der Waals surface area contributed by atoms with Gasteiger partial charge in [0.25, 0.3) is 0 Å². The molecule has 8 aromatic rings. The molecule has 65 heavy (non-hydrogen) atoms. The summed E-state index contributed by atoms with van der Waals surface area (Å²) in [5, 5.41) is 0. The standard InChI is InChI=1S/C61H62BN3/c1-40(2)47-36-55(41(3)4)61(56(37-47)42(5)6)62-57-38-53(63(49-24-16-43(7)17-25-49)50-26-18-44(8)19-27-50)32-34-59(57)65(48-14-12-11-13-15-48)60-35-33-54(39-58(60)62)64(51-28-20-45(9)21-29-51)52-30-22-46(10)23-31-52/h11-42H,1-10H3. The highest BCUT2D eigenvalue weighted by molar-refractivity contribution is 6.98. The predicted molar refractivity (Wildman–Crippen MR) is 283 cm³/mol. The third-order valence-corrected chi connectivity index (χ3v) is 13.3. The second kappa shape index (κ2) is 18.0. The van der Waals surface area contributed by atoms with Gasteiger partial charge in [0.1, 0.15) is 0 Å². The molecule has 0 aliphatic carbocycles. The number of para-hydroxylation sites is 1.